The van der Waals surface area contributed by atoms with E-state index in [0.29, 0.717) is 0 Å². The number of aromatic amines is 1. The van der Waals surface area contributed by atoms with Gasteiger partial charge >= 0.3 is 0 Å². The summed E-state index contributed by atoms with van der Waals surface area (Å²) in [4.78, 5) is 2.53. The van der Waals surface area contributed by atoms with Gasteiger partial charge in [0.25, 0.3) is 0 Å². The normalized spacial score (nSPS) is 20.4. The SMILES string of the molecule is Cc1n[nH]c(C)c1CCCN(C)[C@@H]1CCSC1. The maximum atomic E-state index is 4.25. The predicted molar refractivity (Wildman–Crippen MR) is 74.7 cm³/mol. The third kappa shape index (κ3) is 3.26. The maximum Gasteiger partial charge on any atom is 0.0625 e. The van der Waals surface area contributed by atoms with Crippen LogP contribution in [0.5, 0.6) is 0 Å². The standard InChI is InChI=1S/C13H23N3S/c1-10-13(11(2)15-14-10)5-4-7-16(3)12-6-8-17-9-12/h12H,4-9H2,1-3H3,(H,14,15)/t12-/m1/s1. The van der Waals surface area contributed by atoms with Crippen LogP contribution in [0.25, 0.3) is 0 Å². The molecule has 1 saturated heterocycles. The van der Waals surface area contributed by atoms with E-state index in [2.05, 4.69) is 47.8 Å². The van der Waals surface area contributed by atoms with Crippen LogP contribution in [-0.2, 0) is 6.42 Å². The van der Waals surface area contributed by atoms with Gasteiger partial charge in [-0.1, -0.05) is 0 Å². The van der Waals surface area contributed by atoms with Crippen LogP contribution < -0.4 is 0 Å². The van der Waals surface area contributed by atoms with Crippen molar-refractivity contribution >= 4 is 11.8 Å². The molecule has 1 N–H and O–H groups in total. The first kappa shape index (κ1) is 13.0. The minimum absolute atomic E-state index is 0.812. The highest BCUT2D eigenvalue weighted by atomic mass is 32.2. The number of nitrogens with one attached hydrogen (secondary N) is 1. The molecular formula is C13H23N3S. The van der Waals surface area contributed by atoms with Crippen LogP contribution in [-0.4, -0.2) is 46.2 Å². The molecule has 1 fully saturated rings. The fourth-order valence-corrected chi connectivity index (χ4v) is 3.80. The molecule has 0 bridgehead atoms. The van der Waals surface area contributed by atoms with Gasteiger partial charge in [0.1, 0.15) is 0 Å². The van der Waals surface area contributed by atoms with E-state index >= 15 is 0 Å². The highest BCUT2D eigenvalue weighted by Gasteiger charge is 2.19. The fourth-order valence-electron chi connectivity index (χ4n) is 2.50. The second-order valence-electron chi connectivity index (χ2n) is 5.01. The average Bonchev–Trinajstić information content (AvgIpc) is 2.93. The van der Waals surface area contributed by atoms with E-state index in [1.807, 2.05) is 0 Å². The summed E-state index contributed by atoms with van der Waals surface area (Å²) in [5.74, 6) is 2.66. The molecule has 4 heteroatoms. The topological polar surface area (TPSA) is 31.9 Å². The van der Waals surface area contributed by atoms with Crippen molar-refractivity contribution in [2.24, 2.45) is 0 Å². The molecule has 3 nitrogen and oxygen atoms in total. The van der Waals surface area contributed by atoms with Gasteiger partial charge in [-0.25, -0.2) is 0 Å². The number of hydrogen-bond acceptors (Lipinski definition) is 3. The van der Waals surface area contributed by atoms with E-state index in [1.165, 1.54) is 47.8 Å². The molecule has 1 aliphatic rings. The first-order valence-corrected chi connectivity index (χ1v) is 7.62. The van der Waals surface area contributed by atoms with Gasteiger partial charge in [0.2, 0.25) is 0 Å². The van der Waals surface area contributed by atoms with Crippen molar-refractivity contribution in [3.8, 4) is 0 Å². The molecule has 96 valence electrons. The molecule has 1 aromatic rings. The van der Waals surface area contributed by atoms with Crippen molar-refractivity contribution in [1.29, 1.82) is 0 Å². The van der Waals surface area contributed by atoms with E-state index in [1.54, 1.807) is 0 Å². The molecule has 0 amide bonds. The molecule has 0 spiro atoms. The Kier molecular flexibility index (Phi) is 4.51. The van der Waals surface area contributed by atoms with Crippen molar-refractivity contribution in [1.82, 2.24) is 15.1 Å². The molecule has 1 atom stereocenters. The van der Waals surface area contributed by atoms with E-state index in [9.17, 15) is 0 Å². The van der Waals surface area contributed by atoms with Gasteiger partial charge in [-0.3, -0.25) is 5.10 Å². The van der Waals surface area contributed by atoms with Crippen LogP contribution in [0.2, 0.25) is 0 Å². The largest absolute Gasteiger partial charge is 0.303 e. The zero-order valence-electron chi connectivity index (χ0n) is 11.1. The third-order valence-electron chi connectivity index (χ3n) is 3.75. The summed E-state index contributed by atoms with van der Waals surface area (Å²) in [6.45, 7) is 5.41. The van der Waals surface area contributed by atoms with Crippen LogP contribution in [0, 0.1) is 13.8 Å². The van der Waals surface area contributed by atoms with Crippen LogP contribution >= 0.6 is 11.8 Å². The number of rotatable bonds is 5. The van der Waals surface area contributed by atoms with Crippen molar-refractivity contribution in [3.05, 3.63) is 17.0 Å². The van der Waals surface area contributed by atoms with Gasteiger partial charge in [-0.2, -0.15) is 16.9 Å². The molecule has 0 aromatic carbocycles. The molecule has 0 radical (unpaired) electrons. The van der Waals surface area contributed by atoms with Gasteiger partial charge in [-0.15, -0.1) is 0 Å². The van der Waals surface area contributed by atoms with Crippen molar-refractivity contribution < 1.29 is 0 Å². The van der Waals surface area contributed by atoms with Gasteiger partial charge in [0, 0.05) is 17.5 Å². The van der Waals surface area contributed by atoms with Crippen molar-refractivity contribution in [2.45, 2.75) is 39.2 Å². The lowest BCUT2D eigenvalue weighted by atomic mass is 10.1. The highest BCUT2D eigenvalue weighted by Crippen LogP contribution is 2.21. The Morgan fingerprint density at radius 3 is 2.88 bits per heavy atom. The Balaban J connectivity index is 1.75. The van der Waals surface area contributed by atoms with Gasteiger partial charge < -0.3 is 4.90 Å². The zero-order chi connectivity index (χ0) is 12.3. The van der Waals surface area contributed by atoms with Gasteiger partial charge in [0.15, 0.2) is 0 Å². The van der Waals surface area contributed by atoms with Crippen LogP contribution in [0.15, 0.2) is 0 Å². The summed E-state index contributed by atoms with van der Waals surface area (Å²) < 4.78 is 0. The summed E-state index contributed by atoms with van der Waals surface area (Å²) in [5, 5.41) is 7.31. The third-order valence-corrected chi connectivity index (χ3v) is 4.89. The molecular weight excluding hydrogens is 230 g/mol. The zero-order valence-corrected chi connectivity index (χ0v) is 11.9. The van der Waals surface area contributed by atoms with Gasteiger partial charge in [0.05, 0.1) is 5.69 Å². The minimum atomic E-state index is 0.812. The maximum absolute atomic E-state index is 4.25. The number of aryl methyl sites for hydroxylation is 2. The summed E-state index contributed by atoms with van der Waals surface area (Å²) >= 11 is 2.09. The lowest BCUT2D eigenvalue weighted by Crippen LogP contribution is -2.32. The second kappa shape index (κ2) is 5.91. The monoisotopic (exact) mass is 253 g/mol. The predicted octanol–water partition coefficient (Wildman–Crippen LogP) is 2.40. The summed E-state index contributed by atoms with van der Waals surface area (Å²) in [7, 11) is 2.27. The second-order valence-corrected chi connectivity index (χ2v) is 6.16. The lowest BCUT2D eigenvalue weighted by molar-refractivity contribution is 0.259. The fraction of sp³-hybridized carbons (Fsp3) is 0.769. The smallest absolute Gasteiger partial charge is 0.0625 e. The summed E-state index contributed by atoms with van der Waals surface area (Å²) in [6, 6.07) is 0.812. The van der Waals surface area contributed by atoms with Crippen molar-refractivity contribution in [3.63, 3.8) is 0 Å². The molecule has 1 aromatic heterocycles. The molecule has 0 unspecified atom stereocenters. The number of nitrogens with zero attached hydrogens (tertiary/aromatic N) is 2. The van der Waals surface area contributed by atoms with E-state index < -0.39 is 0 Å². The molecule has 17 heavy (non-hydrogen) atoms. The van der Waals surface area contributed by atoms with E-state index in [0.717, 1.165) is 12.5 Å². The Morgan fingerprint density at radius 1 is 1.47 bits per heavy atom. The Bertz CT molecular complexity index is 336. The lowest BCUT2D eigenvalue weighted by Gasteiger charge is -2.23. The highest BCUT2D eigenvalue weighted by molar-refractivity contribution is 7.99. The first-order chi connectivity index (χ1) is 8.18. The Morgan fingerprint density at radius 2 is 2.29 bits per heavy atom. The number of hydrogen-bond donors (Lipinski definition) is 1. The Hall–Kier alpha value is -0.480. The molecule has 0 saturated carbocycles. The molecule has 2 rings (SSSR count). The summed E-state index contributed by atoms with van der Waals surface area (Å²) in [6.07, 6.45) is 3.75. The number of aromatic nitrogens is 2. The van der Waals surface area contributed by atoms with Crippen LogP contribution in [0.3, 0.4) is 0 Å². The minimum Gasteiger partial charge on any atom is -0.303 e. The van der Waals surface area contributed by atoms with Crippen molar-refractivity contribution in [2.75, 3.05) is 25.1 Å². The average molecular weight is 253 g/mol. The van der Waals surface area contributed by atoms with E-state index in [-0.39, 0.29) is 0 Å². The van der Waals surface area contributed by atoms with Crippen LogP contribution in [0.1, 0.15) is 29.8 Å². The molecule has 0 aliphatic carbocycles. The summed E-state index contributed by atoms with van der Waals surface area (Å²) in [5.41, 5.74) is 3.82. The van der Waals surface area contributed by atoms with E-state index in [4.69, 9.17) is 0 Å². The molecule has 2 heterocycles. The van der Waals surface area contributed by atoms with Crippen LogP contribution in [0.4, 0.5) is 0 Å². The first-order valence-electron chi connectivity index (χ1n) is 6.47. The quantitative estimate of drug-likeness (QED) is 0.874. The number of H-pyrrole nitrogens is 1. The number of thioether (sulfide) groups is 1. The van der Waals surface area contributed by atoms with Gasteiger partial charge in [-0.05, 0) is 58.0 Å². The molecule has 1 aliphatic heterocycles. The Labute approximate surface area is 108 Å².